The summed E-state index contributed by atoms with van der Waals surface area (Å²) >= 11 is 0. The van der Waals surface area contributed by atoms with Crippen LogP contribution < -0.4 is 10.1 Å². The fraction of sp³-hybridized carbons (Fsp3) is 0.176. The number of hydrogen-bond donors (Lipinski definition) is 1. The van der Waals surface area contributed by atoms with Gasteiger partial charge in [0.2, 0.25) is 0 Å². The molecular formula is C17H12F3NO4. The first-order chi connectivity index (χ1) is 11.8. The number of ether oxygens (including phenoxy) is 2. The fourth-order valence-corrected chi connectivity index (χ4v) is 2.35. The number of alkyl halides is 3. The minimum atomic E-state index is -4.53. The second kappa shape index (κ2) is 6.46. The lowest BCUT2D eigenvalue weighted by Gasteiger charge is -2.18. The molecule has 0 aliphatic carbocycles. The monoisotopic (exact) mass is 351 g/mol. The van der Waals surface area contributed by atoms with Gasteiger partial charge in [0.25, 0.3) is 5.91 Å². The standard InChI is InChI=1S/C17H12F3NO4/c18-17(19,20)12-4-2-1-3-11(12)8-25-16(23)10-5-6-13-14(7-10)24-9-15(22)21-13/h1-7H,8-9H2,(H,21,22). The number of carbonyl (C=O) groups excluding carboxylic acids is 2. The highest BCUT2D eigenvalue weighted by atomic mass is 19.4. The second-order valence-corrected chi connectivity index (χ2v) is 5.28. The maximum absolute atomic E-state index is 12.9. The van der Waals surface area contributed by atoms with Crippen molar-refractivity contribution in [3.8, 4) is 5.75 Å². The van der Waals surface area contributed by atoms with Gasteiger partial charge in [-0.2, -0.15) is 13.2 Å². The predicted octanol–water partition coefficient (Wildman–Crippen LogP) is 3.39. The van der Waals surface area contributed by atoms with Gasteiger partial charge in [-0.3, -0.25) is 4.79 Å². The van der Waals surface area contributed by atoms with Gasteiger partial charge in [0.15, 0.2) is 6.61 Å². The first-order valence-corrected chi connectivity index (χ1v) is 7.23. The number of rotatable bonds is 3. The molecule has 0 saturated heterocycles. The van der Waals surface area contributed by atoms with Gasteiger partial charge >= 0.3 is 12.1 Å². The Morgan fingerprint density at radius 3 is 2.72 bits per heavy atom. The number of hydrogen-bond acceptors (Lipinski definition) is 4. The molecule has 25 heavy (non-hydrogen) atoms. The number of nitrogens with one attached hydrogen (secondary N) is 1. The highest BCUT2D eigenvalue weighted by molar-refractivity contribution is 5.97. The second-order valence-electron chi connectivity index (χ2n) is 5.28. The Kier molecular flexibility index (Phi) is 4.35. The van der Waals surface area contributed by atoms with Gasteiger partial charge in [-0.15, -0.1) is 0 Å². The van der Waals surface area contributed by atoms with Gasteiger partial charge in [0.05, 0.1) is 16.8 Å². The van der Waals surface area contributed by atoms with Crippen LogP contribution in [-0.4, -0.2) is 18.5 Å². The van der Waals surface area contributed by atoms with E-state index in [9.17, 15) is 22.8 Å². The largest absolute Gasteiger partial charge is 0.482 e. The van der Waals surface area contributed by atoms with Crippen molar-refractivity contribution in [3.63, 3.8) is 0 Å². The van der Waals surface area contributed by atoms with Crippen LogP contribution in [0.1, 0.15) is 21.5 Å². The van der Waals surface area contributed by atoms with Crippen molar-refractivity contribution in [1.82, 2.24) is 0 Å². The minimum Gasteiger partial charge on any atom is -0.482 e. The smallest absolute Gasteiger partial charge is 0.416 e. The lowest BCUT2D eigenvalue weighted by Crippen LogP contribution is -2.25. The number of halogens is 3. The molecule has 1 aliphatic heterocycles. The summed E-state index contributed by atoms with van der Waals surface area (Å²) in [6, 6.07) is 9.11. The molecular weight excluding hydrogens is 339 g/mol. The quantitative estimate of drug-likeness (QED) is 0.861. The Balaban J connectivity index is 1.73. The number of anilines is 1. The number of fused-ring (bicyclic) bond motifs is 1. The molecule has 1 N–H and O–H groups in total. The molecule has 5 nitrogen and oxygen atoms in total. The molecule has 0 aromatic heterocycles. The van der Waals surface area contributed by atoms with Crippen LogP contribution >= 0.6 is 0 Å². The van der Waals surface area contributed by atoms with Crippen molar-refractivity contribution < 1.29 is 32.2 Å². The molecule has 0 spiro atoms. The molecule has 0 radical (unpaired) electrons. The molecule has 3 rings (SSSR count). The van der Waals surface area contributed by atoms with Gasteiger partial charge in [-0.1, -0.05) is 18.2 Å². The Bertz CT molecular complexity index is 833. The van der Waals surface area contributed by atoms with E-state index < -0.39 is 24.3 Å². The van der Waals surface area contributed by atoms with Crippen molar-refractivity contribution in [3.05, 3.63) is 59.2 Å². The molecule has 0 atom stereocenters. The summed E-state index contributed by atoms with van der Waals surface area (Å²) in [5, 5.41) is 2.57. The zero-order chi connectivity index (χ0) is 18.0. The van der Waals surface area contributed by atoms with Gasteiger partial charge in [0, 0.05) is 5.56 Å². The highest BCUT2D eigenvalue weighted by Crippen LogP contribution is 2.32. The van der Waals surface area contributed by atoms with E-state index in [1.165, 1.54) is 36.4 Å². The van der Waals surface area contributed by atoms with Gasteiger partial charge < -0.3 is 14.8 Å². The summed E-state index contributed by atoms with van der Waals surface area (Å²) in [6.07, 6.45) is -4.53. The Morgan fingerprint density at radius 1 is 1.20 bits per heavy atom. The molecule has 2 aromatic rings. The average molecular weight is 351 g/mol. The first-order valence-electron chi connectivity index (χ1n) is 7.23. The highest BCUT2D eigenvalue weighted by Gasteiger charge is 2.33. The van der Waals surface area contributed by atoms with Gasteiger partial charge in [-0.05, 0) is 24.3 Å². The Morgan fingerprint density at radius 2 is 1.96 bits per heavy atom. The number of benzene rings is 2. The van der Waals surface area contributed by atoms with Crippen molar-refractivity contribution in [2.24, 2.45) is 0 Å². The Labute approximate surface area is 140 Å². The summed E-state index contributed by atoms with van der Waals surface area (Å²) < 4.78 is 48.9. The fourth-order valence-electron chi connectivity index (χ4n) is 2.35. The maximum Gasteiger partial charge on any atom is 0.416 e. The average Bonchev–Trinajstić information content (AvgIpc) is 2.58. The molecule has 8 heteroatoms. The topological polar surface area (TPSA) is 64.6 Å². The van der Waals surface area contributed by atoms with E-state index in [-0.39, 0.29) is 23.6 Å². The molecule has 1 heterocycles. The van der Waals surface area contributed by atoms with Crippen LogP contribution in [-0.2, 0) is 22.3 Å². The van der Waals surface area contributed by atoms with Gasteiger partial charge in [0.1, 0.15) is 12.4 Å². The van der Waals surface area contributed by atoms with Crippen LogP contribution in [0.2, 0.25) is 0 Å². The van der Waals surface area contributed by atoms with Crippen LogP contribution in [0.25, 0.3) is 0 Å². The zero-order valence-corrected chi connectivity index (χ0v) is 12.7. The first kappa shape index (κ1) is 16.8. The third-order valence-electron chi connectivity index (χ3n) is 3.53. The summed E-state index contributed by atoms with van der Waals surface area (Å²) in [5.74, 6) is -0.809. The third kappa shape index (κ3) is 3.73. The molecule has 0 fully saturated rings. The maximum atomic E-state index is 12.9. The van der Waals surface area contributed by atoms with Crippen molar-refractivity contribution in [2.45, 2.75) is 12.8 Å². The van der Waals surface area contributed by atoms with Crippen LogP contribution in [0.3, 0.4) is 0 Å². The van der Waals surface area contributed by atoms with E-state index in [0.29, 0.717) is 11.4 Å². The predicted molar refractivity (Wildman–Crippen MR) is 81.1 cm³/mol. The minimum absolute atomic E-state index is 0.111. The van der Waals surface area contributed by atoms with Crippen LogP contribution in [0.5, 0.6) is 5.75 Å². The van der Waals surface area contributed by atoms with E-state index in [1.54, 1.807) is 0 Å². The lowest BCUT2D eigenvalue weighted by molar-refractivity contribution is -0.138. The van der Waals surface area contributed by atoms with Crippen LogP contribution in [0.4, 0.5) is 18.9 Å². The van der Waals surface area contributed by atoms with E-state index in [0.717, 1.165) is 6.07 Å². The van der Waals surface area contributed by atoms with Crippen molar-refractivity contribution in [2.75, 3.05) is 11.9 Å². The number of amides is 1. The third-order valence-corrected chi connectivity index (χ3v) is 3.53. The van der Waals surface area contributed by atoms with Gasteiger partial charge in [-0.25, -0.2) is 4.79 Å². The summed E-state index contributed by atoms with van der Waals surface area (Å²) in [7, 11) is 0. The van der Waals surface area contributed by atoms with Crippen LogP contribution in [0.15, 0.2) is 42.5 Å². The summed E-state index contributed by atoms with van der Waals surface area (Å²) in [6.45, 7) is -0.687. The number of carbonyl (C=O) groups is 2. The summed E-state index contributed by atoms with van der Waals surface area (Å²) in [4.78, 5) is 23.3. The van der Waals surface area contributed by atoms with E-state index in [1.807, 2.05) is 0 Å². The molecule has 130 valence electrons. The normalized spacial score (nSPS) is 13.5. The molecule has 2 aromatic carbocycles. The van der Waals surface area contributed by atoms with Crippen LogP contribution in [0, 0.1) is 0 Å². The summed E-state index contributed by atoms with van der Waals surface area (Å²) in [5.41, 5.74) is -0.460. The zero-order valence-electron chi connectivity index (χ0n) is 12.7. The molecule has 1 aliphatic rings. The molecule has 0 bridgehead atoms. The Hall–Kier alpha value is -3.03. The molecule has 1 amide bonds. The van der Waals surface area contributed by atoms with E-state index >= 15 is 0 Å². The number of esters is 1. The molecule has 0 saturated carbocycles. The van der Waals surface area contributed by atoms with E-state index in [4.69, 9.17) is 9.47 Å². The van der Waals surface area contributed by atoms with Crippen molar-refractivity contribution >= 4 is 17.6 Å². The lowest BCUT2D eigenvalue weighted by atomic mass is 10.1. The molecule has 0 unspecified atom stereocenters. The SMILES string of the molecule is O=C1COc2cc(C(=O)OCc3ccccc3C(F)(F)F)ccc2N1. The van der Waals surface area contributed by atoms with Crippen molar-refractivity contribution in [1.29, 1.82) is 0 Å². The van der Waals surface area contributed by atoms with E-state index in [2.05, 4.69) is 5.32 Å².